The van der Waals surface area contributed by atoms with Crippen LogP contribution < -0.4 is 0 Å². The molecule has 0 heterocycles. The van der Waals surface area contributed by atoms with Gasteiger partial charge in [-0.25, -0.2) is 0 Å². The van der Waals surface area contributed by atoms with Crippen LogP contribution in [0.5, 0.6) is 5.75 Å². The Balaban J connectivity index is 1.63. The normalized spacial score (nSPS) is 14.2. The second-order valence-electron chi connectivity index (χ2n) is 11.2. The van der Waals surface area contributed by atoms with Gasteiger partial charge < -0.3 is 14.9 Å². The SMILES string of the molecule is CCC(C)(CC(CC(C)(C)C(=O)O)c1ccc(O)cc1)C(=O)OCc1c2ccccc2cc2ccccc12. The minimum atomic E-state index is -0.983. The van der Waals surface area contributed by atoms with E-state index in [-0.39, 0.29) is 24.2 Å². The summed E-state index contributed by atoms with van der Waals surface area (Å²) >= 11 is 0. The Morgan fingerprint density at radius 2 is 1.39 bits per heavy atom. The predicted molar refractivity (Wildman–Crippen MR) is 151 cm³/mol. The van der Waals surface area contributed by atoms with Crippen molar-refractivity contribution in [1.29, 1.82) is 0 Å². The van der Waals surface area contributed by atoms with Crippen LogP contribution in [0.15, 0.2) is 78.9 Å². The molecule has 4 rings (SSSR count). The lowest BCUT2D eigenvalue weighted by Crippen LogP contribution is -2.33. The molecule has 0 aliphatic rings. The van der Waals surface area contributed by atoms with E-state index in [0.29, 0.717) is 19.3 Å². The monoisotopic (exact) mass is 512 g/mol. The number of aliphatic carboxylic acids is 1. The Labute approximate surface area is 224 Å². The Kier molecular flexibility index (Phi) is 7.77. The summed E-state index contributed by atoms with van der Waals surface area (Å²) < 4.78 is 6.04. The van der Waals surface area contributed by atoms with Crippen LogP contribution in [0.2, 0.25) is 0 Å². The van der Waals surface area contributed by atoms with Gasteiger partial charge in [0.15, 0.2) is 0 Å². The number of ether oxygens (including phenoxy) is 1. The first-order valence-electron chi connectivity index (χ1n) is 13.1. The molecule has 38 heavy (non-hydrogen) atoms. The number of carbonyl (C=O) groups excluding carboxylic acids is 1. The number of aromatic hydroxyl groups is 1. The molecule has 2 N–H and O–H groups in total. The van der Waals surface area contributed by atoms with Crippen molar-refractivity contribution in [2.45, 2.75) is 59.5 Å². The van der Waals surface area contributed by atoms with Crippen molar-refractivity contribution in [1.82, 2.24) is 0 Å². The van der Waals surface area contributed by atoms with E-state index in [2.05, 4.69) is 30.3 Å². The fourth-order valence-electron chi connectivity index (χ4n) is 5.25. The van der Waals surface area contributed by atoms with Gasteiger partial charge >= 0.3 is 11.9 Å². The Bertz CT molecular complexity index is 1400. The zero-order chi connectivity index (χ0) is 27.5. The van der Waals surface area contributed by atoms with Gasteiger partial charge in [0.2, 0.25) is 0 Å². The van der Waals surface area contributed by atoms with E-state index in [1.54, 1.807) is 26.0 Å². The quantitative estimate of drug-likeness (QED) is 0.167. The standard InChI is InChI=1S/C33H36O5/c1-5-33(4,20-25(19-32(2,3)30(35)36)22-14-16-26(34)17-15-22)31(37)38-21-29-27-12-8-6-10-23(27)18-24-11-7-9-13-28(24)29/h6-18,25,34H,5,19-21H2,1-4H3,(H,35,36). The van der Waals surface area contributed by atoms with E-state index < -0.39 is 16.8 Å². The van der Waals surface area contributed by atoms with E-state index >= 15 is 0 Å². The predicted octanol–water partition coefficient (Wildman–Crippen LogP) is 7.83. The number of rotatable bonds is 10. The highest BCUT2D eigenvalue weighted by atomic mass is 16.5. The van der Waals surface area contributed by atoms with Crippen LogP contribution in [0, 0.1) is 10.8 Å². The molecule has 0 bridgehead atoms. The number of phenolic OH excluding ortho intramolecular Hbond substituents is 1. The molecule has 2 unspecified atom stereocenters. The molecule has 0 aromatic heterocycles. The second kappa shape index (κ2) is 10.9. The molecule has 5 heteroatoms. The molecule has 5 nitrogen and oxygen atoms in total. The molecular formula is C33H36O5. The lowest BCUT2D eigenvalue weighted by atomic mass is 9.71. The number of carboxylic acids is 1. The molecule has 0 aliphatic heterocycles. The summed E-state index contributed by atoms with van der Waals surface area (Å²) in [6, 6.07) is 25.2. The van der Waals surface area contributed by atoms with Gasteiger partial charge in [-0.3, -0.25) is 9.59 Å². The van der Waals surface area contributed by atoms with Crippen molar-refractivity contribution in [2.24, 2.45) is 10.8 Å². The van der Waals surface area contributed by atoms with Gasteiger partial charge in [-0.05, 0) is 91.3 Å². The van der Waals surface area contributed by atoms with Crippen LogP contribution >= 0.6 is 0 Å². The molecule has 2 atom stereocenters. The zero-order valence-electron chi connectivity index (χ0n) is 22.5. The Morgan fingerprint density at radius 3 is 1.92 bits per heavy atom. The van der Waals surface area contributed by atoms with Crippen LogP contribution in [0.3, 0.4) is 0 Å². The molecule has 0 aliphatic carbocycles. The summed E-state index contributed by atoms with van der Waals surface area (Å²) in [5.41, 5.74) is 0.0674. The summed E-state index contributed by atoms with van der Waals surface area (Å²) in [7, 11) is 0. The number of hydrogen-bond donors (Lipinski definition) is 2. The number of benzene rings is 4. The largest absolute Gasteiger partial charge is 0.508 e. The van der Waals surface area contributed by atoms with Crippen molar-refractivity contribution in [2.75, 3.05) is 0 Å². The van der Waals surface area contributed by atoms with E-state index in [1.807, 2.05) is 50.2 Å². The number of esters is 1. The second-order valence-corrected chi connectivity index (χ2v) is 11.2. The van der Waals surface area contributed by atoms with Crippen molar-refractivity contribution in [3.63, 3.8) is 0 Å². The highest BCUT2D eigenvalue weighted by molar-refractivity contribution is 6.02. The number of carboxylic acid groups (broad SMARTS) is 1. The average Bonchev–Trinajstić information content (AvgIpc) is 2.90. The average molecular weight is 513 g/mol. The summed E-state index contributed by atoms with van der Waals surface area (Å²) in [4.78, 5) is 25.6. The molecule has 0 spiro atoms. The maximum Gasteiger partial charge on any atom is 0.312 e. The first kappa shape index (κ1) is 27.2. The first-order chi connectivity index (χ1) is 18.0. The van der Waals surface area contributed by atoms with Gasteiger partial charge in [0.1, 0.15) is 12.4 Å². The molecule has 0 amide bonds. The van der Waals surface area contributed by atoms with E-state index in [0.717, 1.165) is 32.7 Å². The van der Waals surface area contributed by atoms with Gasteiger partial charge in [0, 0.05) is 5.56 Å². The fraction of sp³-hybridized carbons (Fsp3) is 0.333. The summed E-state index contributed by atoms with van der Waals surface area (Å²) in [6.07, 6.45) is 1.33. The topological polar surface area (TPSA) is 83.8 Å². The van der Waals surface area contributed by atoms with Gasteiger partial charge in [0.25, 0.3) is 0 Å². The molecule has 0 saturated carbocycles. The lowest BCUT2D eigenvalue weighted by molar-refractivity contribution is -0.157. The maximum atomic E-state index is 13.7. The van der Waals surface area contributed by atoms with E-state index in [9.17, 15) is 19.8 Å². The Hall–Kier alpha value is -3.86. The number of carbonyl (C=O) groups is 2. The van der Waals surface area contributed by atoms with Crippen LogP contribution in [-0.2, 0) is 20.9 Å². The summed E-state index contributed by atoms with van der Waals surface area (Å²) in [5, 5.41) is 23.9. The number of phenols is 1. The first-order valence-corrected chi connectivity index (χ1v) is 13.1. The molecule has 4 aromatic carbocycles. The third kappa shape index (κ3) is 5.67. The maximum absolute atomic E-state index is 13.7. The smallest absolute Gasteiger partial charge is 0.312 e. The lowest BCUT2D eigenvalue weighted by Gasteiger charge is -2.34. The van der Waals surface area contributed by atoms with Crippen molar-refractivity contribution in [3.05, 3.63) is 90.0 Å². The van der Waals surface area contributed by atoms with Gasteiger partial charge in [-0.1, -0.05) is 67.6 Å². The highest BCUT2D eigenvalue weighted by Gasteiger charge is 2.39. The third-order valence-electron chi connectivity index (χ3n) is 7.90. The van der Waals surface area contributed by atoms with E-state index in [4.69, 9.17) is 4.74 Å². The molecule has 4 aromatic rings. The highest BCUT2D eigenvalue weighted by Crippen LogP contribution is 2.42. The van der Waals surface area contributed by atoms with Gasteiger partial charge in [-0.15, -0.1) is 0 Å². The van der Waals surface area contributed by atoms with Crippen LogP contribution in [0.4, 0.5) is 0 Å². The van der Waals surface area contributed by atoms with E-state index in [1.165, 1.54) is 0 Å². The fourth-order valence-corrected chi connectivity index (χ4v) is 5.25. The van der Waals surface area contributed by atoms with Crippen molar-refractivity contribution < 1.29 is 24.5 Å². The minimum Gasteiger partial charge on any atom is -0.508 e. The summed E-state index contributed by atoms with van der Waals surface area (Å²) in [6.45, 7) is 7.43. The van der Waals surface area contributed by atoms with Crippen LogP contribution in [-0.4, -0.2) is 22.2 Å². The van der Waals surface area contributed by atoms with Crippen molar-refractivity contribution >= 4 is 33.5 Å². The Morgan fingerprint density at radius 1 is 0.842 bits per heavy atom. The summed E-state index contributed by atoms with van der Waals surface area (Å²) in [5.74, 6) is -1.25. The number of fused-ring (bicyclic) bond motifs is 2. The van der Waals surface area contributed by atoms with Crippen LogP contribution in [0.1, 0.15) is 64.0 Å². The minimum absolute atomic E-state index is 0.143. The van der Waals surface area contributed by atoms with Gasteiger partial charge in [-0.2, -0.15) is 0 Å². The molecule has 0 saturated heterocycles. The van der Waals surface area contributed by atoms with Crippen LogP contribution in [0.25, 0.3) is 21.5 Å². The zero-order valence-corrected chi connectivity index (χ0v) is 22.5. The van der Waals surface area contributed by atoms with Crippen molar-refractivity contribution in [3.8, 4) is 5.75 Å². The van der Waals surface area contributed by atoms with Gasteiger partial charge in [0.05, 0.1) is 10.8 Å². The third-order valence-corrected chi connectivity index (χ3v) is 7.90. The molecular weight excluding hydrogens is 476 g/mol. The molecule has 198 valence electrons. The number of hydrogen-bond acceptors (Lipinski definition) is 4. The molecule has 0 fully saturated rings. The molecule has 0 radical (unpaired) electrons.